The van der Waals surface area contributed by atoms with Gasteiger partial charge in [0.2, 0.25) is 17.3 Å². The van der Waals surface area contributed by atoms with Crippen molar-refractivity contribution in [1.82, 2.24) is 0 Å². The molecule has 2 aliphatic carbocycles. The molecule has 0 aliphatic heterocycles. The predicted octanol–water partition coefficient (Wildman–Crippen LogP) is 2.61. The zero-order valence-corrected chi connectivity index (χ0v) is 14.5. The Labute approximate surface area is 144 Å². The van der Waals surface area contributed by atoms with Crippen LogP contribution in [0, 0.1) is 5.92 Å². The molecule has 0 amide bonds. The Morgan fingerprint density at radius 2 is 1.60 bits per heavy atom. The van der Waals surface area contributed by atoms with E-state index in [0.29, 0.717) is 16.7 Å². The summed E-state index contributed by atoms with van der Waals surface area (Å²) < 4.78 is 0. The number of fused-ring (bicyclic) bond motifs is 2. The molecule has 0 saturated carbocycles. The molecule has 5 heteroatoms. The summed E-state index contributed by atoms with van der Waals surface area (Å²) in [6.07, 6.45) is 2.71. The number of allylic oxidation sites excluding steroid dienone is 2. The van der Waals surface area contributed by atoms with Crippen molar-refractivity contribution in [3.63, 3.8) is 0 Å². The van der Waals surface area contributed by atoms with Crippen LogP contribution in [0.25, 0.3) is 12.2 Å². The summed E-state index contributed by atoms with van der Waals surface area (Å²) in [6.45, 7) is 6.78. The fourth-order valence-corrected chi connectivity index (χ4v) is 3.29. The lowest BCUT2D eigenvalue weighted by Gasteiger charge is -2.27. The highest BCUT2D eigenvalue weighted by Crippen LogP contribution is 2.35. The maximum atomic E-state index is 12.7. The third kappa shape index (κ3) is 2.38. The van der Waals surface area contributed by atoms with Crippen molar-refractivity contribution in [2.75, 3.05) is 0 Å². The molecule has 1 N–H and O–H groups in total. The highest BCUT2D eigenvalue weighted by atomic mass is 16.3. The molecule has 0 bridgehead atoms. The first kappa shape index (κ1) is 17.0. The summed E-state index contributed by atoms with van der Waals surface area (Å²) >= 11 is 0. The number of aliphatic hydroxyl groups excluding tert-OH is 1. The van der Waals surface area contributed by atoms with Crippen LogP contribution >= 0.6 is 0 Å². The van der Waals surface area contributed by atoms with Gasteiger partial charge in [-0.15, -0.1) is 0 Å². The van der Waals surface area contributed by atoms with Crippen LogP contribution in [-0.2, 0) is 15.0 Å². The van der Waals surface area contributed by atoms with E-state index in [2.05, 4.69) is 0 Å². The Bertz CT molecular complexity index is 974. The van der Waals surface area contributed by atoms with Crippen LogP contribution in [-0.4, -0.2) is 22.5 Å². The van der Waals surface area contributed by atoms with E-state index in [1.807, 2.05) is 0 Å². The van der Waals surface area contributed by atoms with E-state index in [4.69, 9.17) is 0 Å². The van der Waals surface area contributed by atoms with Crippen LogP contribution in [0.4, 0.5) is 0 Å². The summed E-state index contributed by atoms with van der Waals surface area (Å²) in [4.78, 5) is 49.8. The van der Waals surface area contributed by atoms with Gasteiger partial charge < -0.3 is 5.11 Å². The van der Waals surface area contributed by atoms with E-state index >= 15 is 0 Å². The first-order valence-electron chi connectivity index (χ1n) is 8.04. The third-order valence-corrected chi connectivity index (χ3v) is 4.84. The molecule has 0 aromatic heterocycles. The summed E-state index contributed by atoms with van der Waals surface area (Å²) in [7, 11) is 0. The van der Waals surface area contributed by atoms with Crippen molar-refractivity contribution in [3.05, 3.63) is 55.9 Å². The lowest BCUT2D eigenvalue weighted by Crippen LogP contribution is -2.34. The van der Waals surface area contributed by atoms with Crippen molar-refractivity contribution in [3.8, 4) is 0 Å². The van der Waals surface area contributed by atoms with E-state index in [9.17, 15) is 24.3 Å². The highest BCUT2D eigenvalue weighted by molar-refractivity contribution is 6.51. The van der Waals surface area contributed by atoms with Crippen LogP contribution in [0.5, 0.6) is 0 Å². The van der Waals surface area contributed by atoms with E-state index < -0.39 is 34.0 Å². The number of carbonyl (C=O) groups is 3. The Morgan fingerprint density at radius 3 is 2.20 bits per heavy atom. The number of ketones is 3. The summed E-state index contributed by atoms with van der Waals surface area (Å²) in [5.41, 5.74) is -0.253. The van der Waals surface area contributed by atoms with Crippen molar-refractivity contribution >= 4 is 29.5 Å². The predicted molar refractivity (Wildman–Crippen MR) is 93.5 cm³/mol. The lowest BCUT2D eigenvalue weighted by atomic mass is 9.75. The molecule has 0 fully saturated rings. The van der Waals surface area contributed by atoms with Gasteiger partial charge in [-0.25, -0.2) is 0 Å². The minimum Gasteiger partial charge on any atom is -0.504 e. The van der Waals surface area contributed by atoms with Gasteiger partial charge in [-0.3, -0.25) is 19.2 Å². The molecule has 128 valence electrons. The topological polar surface area (TPSA) is 88.5 Å². The summed E-state index contributed by atoms with van der Waals surface area (Å²) in [5.74, 6) is -2.48. The van der Waals surface area contributed by atoms with Gasteiger partial charge in [0, 0.05) is 16.7 Å². The molecule has 1 aromatic carbocycles. The van der Waals surface area contributed by atoms with Crippen LogP contribution in [0.15, 0.2) is 28.3 Å². The molecule has 0 unspecified atom stereocenters. The molecule has 0 heterocycles. The second kappa shape index (κ2) is 5.34. The number of aliphatic hydroxyl groups is 1. The minimum absolute atomic E-state index is 0.00912. The average molecular weight is 338 g/mol. The summed E-state index contributed by atoms with van der Waals surface area (Å²) in [6, 6.07) is 2.75. The van der Waals surface area contributed by atoms with Crippen molar-refractivity contribution in [2.24, 2.45) is 5.92 Å². The van der Waals surface area contributed by atoms with Crippen molar-refractivity contribution in [2.45, 2.75) is 33.1 Å². The normalized spacial score (nSPS) is 18.5. The molecule has 1 aromatic rings. The van der Waals surface area contributed by atoms with E-state index in [1.54, 1.807) is 27.7 Å². The Hall–Kier alpha value is -2.82. The molecule has 2 aliphatic rings. The van der Waals surface area contributed by atoms with Gasteiger partial charge in [-0.2, -0.15) is 0 Å². The number of hydrogen-bond donors (Lipinski definition) is 1. The zero-order valence-electron chi connectivity index (χ0n) is 14.5. The van der Waals surface area contributed by atoms with Gasteiger partial charge in [-0.1, -0.05) is 13.8 Å². The largest absolute Gasteiger partial charge is 0.504 e. The van der Waals surface area contributed by atoms with Gasteiger partial charge >= 0.3 is 0 Å². The number of carbonyl (C=O) groups excluding carboxylic acids is 3. The first-order chi connectivity index (χ1) is 11.6. The van der Waals surface area contributed by atoms with Crippen LogP contribution in [0.2, 0.25) is 0 Å². The summed E-state index contributed by atoms with van der Waals surface area (Å²) in [5, 5.41) is 9.92. The molecular formula is C20H18O5. The van der Waals surface area contributed by atoms with E-state index in [0.717, 1.165) is 0 Å². The fraction of sp³-hybridized carbons (Fsp3) is 0.300. The van der Waals surface area contributed by atoms with Gasteiger partial charge in [0.05, 0.1) is 5.41 Å². The molecule has 25 heavy (non-hydrogen) atoms. The maximum absolute atomic E-state index is 12.7. The monoisotopic (exact) mass is 338 g/mol. The zero-order chi connectivity index (χ0) is 18.7. The second-order valence-electron chi connectivity index (χ2n) is 7.25. The Balaban J connectivity index is 2.43. The standard InChI is InChI=1S/C20H18O5/c1-9(2)11-7-12-13(18(24)17(11)23)5-10-6-16(22)19(25)20(3,4)14(10)8-15(12)21/h5-9,22H,1-4H3. The number of hydrogen-bond acceptors (Lipinski definition) is 5. The van der Waals surface area contributed by atoms with Gasteiger partial charge in [-0.05, 0) is 55.2 Å². The van der Waals surface area contributed by atoms with Gasteiger partial charge in [0.15, 0.2) is 11.2 Å². The minimum atomic E-state index is -1.10. The van der Waals surface area contributed by atoms with Crippen LogP contribution < -0.4 is 5.43 Å². The number of rotatable bonds is 1. The Kier molecular flexibility index (Phi) is 3.64. The molecule has 0 saturated heterocycles. The highest BCUT2D eigenvalue weighted by Gasteiger charge is 2.39. The lowest BCUT2D eigenvalue weighted by molar-refractivity contribution is -0.122. The molecule has 3 rings (SSSR count). The smallest absolute Gasteiger partial charge is 0.233 e. The van der Waals surface area contributed by atoms with Crippen LogP contribution in [0.1, 0.15) is 54.7 Å². The van der Waals surface area contributed by atoms with Gasteiger partial charge in [0.1, 0.15) is 0 Å². The quantitative estimate of drug-likeness (QED) is 0.795. The molecule has 5 nitrogen and oxygen atoms in total. The van der Waals surface area contributed by atoms with E-state index in [-0.39, 0.29) is 17.0 Å². The molecular weight excluding hydrogens is 320 g/mol. The van der Waals surface area contributed by atoms with Crippen LogP contribution in [0.3, 0.4) is 0 Å². The van der Waals surface area contributed by atoms with E-state index in [1.165, 1.54) is 24.3 Å². The maximum Gasteiger partial charge on any atom is 0.233 e. The average Bonchev–Trinajstić information content (AvgIpc) is 2.66. The van der Waals surface area contributed by atoms with Crippen molar-refractivity contribution in [1.29, 1.82) is 0 Å². The number of Topliss-reactive ketones (excluding diaryl/α,β-unsaturated/α-hetero) is 3. The Morgan fingerprint density at radius 1 is 0.960 bits per heavy atom. The SMILES string of the molecule is CC(C)C1=Cc2c(cc3c(cc2=O)C(C)(C)C(=O)C(O)=C3)C(=O)C1=O. The van der Waals surface area contributed by atoms with Gasteiger partial charge in [0.25, 0.3) is 0 Å². The molecule has 0 spiro atoms. The second-order valence-corrected chi connectivity index (χ2v) is 7.25. The first-order valence-corrected chi connectivity index (χ1v) is 8.04. The van der Waals surface area contributed by atoms with Crippen molar-refractivity contribution < 1.29 is 19.5 Å². The fourth-order valence-electron chi connectivity index (χ4n) is 3.29. The molecule has 0 atom stereocenters. The molecule has 0 radical (unpaired) electrons. The third-order valence-electron chi connectivity index (χ3n) is 4.84.